The third kappa shape index (κ3) is 7.08. The van der Waals surface area contributed by atoms with E-state index in [0.29, 0.717) is 32.2 Å². The Morgan fingerprint density at radius 3 is 2.26 bits per heavy atom. The van der Waals surface area contributed by atoms with Gasteiger partial charge in [0.1, 0.15) is 12.6 Å². The van der Waals surface area contributed by atoms with Gasteiger partial charge in [0, 0.05) is 18.1 Å². The Hall–Kier alpha value is -2.59. The van der Waals surface area contributed by atoms with Crippen molar-refractivity contribution in [3.63, 3.8) is 0 Å². The van der Waals surface area contributed by atoms with Crippen LogP contribution in [0.2, 0.25) is 10.0 Å². The largest absolute Gasteiger partial charge is 0.357 e. The Labute approximate surface area is 241 Å². The van der Waals surface area contributed by atoms with Gasteiger partial charge in [-0.05, 0) is 61.4 Å². The molecule has 0 aliphatic rings. The number of likely N-dealkylation sites (N-methyl/N-ethyl adjacent to an activating group) is 1. The number of halogens is 3. The van der Waals surface area contributed by atoms with Gasteiger partial charge in [0.25, 0.3) is 10.0 Å². The zero-order valence-corrected chi connectivity index (χ0v) is 25.0. The van der Waals surface area contributed by atoms with Gasteiger partial charge in [0.15, 0.2) is 0 Å². The minimum atomic E-state index is -4.13. The van der Waals surface area contributed by atoms with Gasteiger partial charge in [-0.3, -0.25) is 13.9 Å². The fourth-order valence-electron chi connectivity index (χ4n) is 3.92. The van der Waals surface area contributed by atoms with Crippen molar-refractivity contribution >= 4 is 66.7 Å². The highest BCUT2D eigenvalue weighted by atomic mass is 79.9. The highest BCUT2D eigenvalue weighted by Gasteiger charge is 2.33. The first-order valence-corrected chi connectivity index (χ1v) is 14.8. The molecule has 0 saturated carbocycles. The van der Waals surface area contributed by atoms with Crippen molar-refractivity contribution in [3.8, 4) is 0 Å². The summed E-state index contributed by atoms with van der Waals surface area (Å²) in [6, 6.07) is 17.2. The van der Waals surface area contributed by atoms with E-state index in [9.17, 15) is 18.0 Å². The van der Waals surface area contributed by atoms with E-state index in [-0.39, 0.29) is 17.3 Å². The maximum Gasteiger partial charge on any atom is 0.264 e. The Balaban J connectivity index is 2.07. The zero-order valence-electron chi connectivity index (χ0n) is 21.1. The van der Waals surface area contributed by atoms with Crippen LogP contribution in [-0.4, -0.2) is 44.8 Å². The first kappa shape index (κ1) is 30.0. The summed E-state index contributed by atoms with van der Waals surface area (Å²) in [6.07, 6.45) is 0.314. The fourth-order valence-corrected chi connectivity index (χ4v) is 6.03. The minimum Gasteiger partial charge on any atom is -0.357 e. The summed E-state index contributed by atoms with van der Waals surface area (Å²) < 4.78 is 29.3. The lowest BCUT2D eigenvalue weighted by Crippen LogP contribution is -2.51. The van der Waals surface area contributed by atoms with E-state index in [2.05, 4.69) is 21.2 Å². The molecule has 0 spiro atoms. The first-order valence-electron chi connectivity index (χ1n) is 11.8. The van der Waals surface area contributed by atoms with Crippen LogP contribution in [0, 0.1) is 6.92 Å². The average molecular weight is 641 g/mol. The predicted molar refractivity (Wildman–Crippen MR) is 155 cm³/mol. The summed E-state index contributed by atoms with van der Waals surface area (Å²) in [5, 5.41) is 3.26. The van der Waals surface area contributed by atoms with Crippen molar-refractivity contribution in [1.29, 1.82) is 0 Å². The summed E-state index contributed by atoms with van der Waals surface area (Å²) in [6.45, 7) is 3.14. The van der Waals surface area contributed by atoms with Crippen LogP contribution in [0.4, 0.5) is 5.69 Å². The second-order valence-corrected chi connectivity index (χ2v) is 12.2. The van der Waals surface area contributed by atoms with Crippen LogP contribution in [0.3, 0.4) is 0 Å². The van der Waals surface area contributed by atoms with Gasteiger partial charge < -0.3 is 10.2 Å². The SMILES string of the molecule is CCC(C(=O)NC)N(Cc1ccc(Cl)c(Cl)c1)C(=O)CN(c1cccc(Br)c1)S(=O)(=O)c1ccc(C)cc1. The number of carbonyl (C=O) groups excluding carboxylic acids is 2. The molecule has 0 aliphatic carbocycles. The van der Waals surface area contributed by atoms with E-state index < -0.39 is 28.5 Å². The Morgan fingerprint density at radius 2 is 1.68 bits per heavy atom. The fraction of sp³-hybridized carbons (Fsp3) is 0.259. The van der Waals surface area contributed by atoms with Gasteiger partial charge in [0.05, 0.1) is 20.6 Å². The number of aryl methyl sites for hydroxylation is 1. The second kappa shape index (κ2) is 13.0. The molecule has 7 nitrogen and oxygen atoms in total. The third-order valence-electron chi connectivity index (χ3n) is 5.95. The normalized spacial score (nSPS) is 12.1. The molecule has 11 heteroatoms. The molecule has 0 aliphatic heterocycles. The van der Waals surface area contributed by atoms with Crippen molar-refractivity contribution in [2.24, 2.45) is 0 Å². The van der Waals surface area contributed by atoms with Crippen LogP contribution >= 0.6 is 39.1 Å². The second-order valence-electron chi connectivity index (χ2n) is 8.61. The van der Waals surface area contributed by atoms with E-state index in [1.807, 2.05) is 6.92 Å². The van der Waals surface area contributed by atoms with E-state index in [4.69, 9.17) is 23.2 Å². The van der Waals surface area contributed by atoms with E-state index >= 15 is 0 Å². The van der Waals surface area contributed by atoms with E-state index in [1.165, 1.54) is 24.1 Å². The standard InChI is InChI=1S/C27H28BrCl2N3O4S/c1-4-25(27(35)31-3)32(16-19-10-13-23(29)24(30)14-19)26(34)17-33(21-7-5-6-20(28)15-21)38(36,37)22-11-8-18(2)9-12-22/h5-15,25H,4,16-17H2,1-3H3,(H,31,35). The maximum absolute atomic E-state index is 13.9. The summed E-state index contributed by atoms with van der Waals surface area (Å²) in [5.41, 5.74) is 1.85. The van der Waals surface area contributed by atoms with Gasteiger partial charge in [0.2, 0.25) is 11.8 Å². The molecule has 0 heterocycles. The van der Waals surface area contributed by atoms with Crippen LogP contribution in [0.25, 0.3) is 0 Å². The molecule has 3 rings (SSSR count). The summed E-state index contributed by atoms with van der Waals surface area (Å²) in [7, 11) is -2.65. The van der Waals surface area contributed by atoms with Crippen LogP contribution in [-0.2, 0) is 26.2 Å². The Kier molecular flexibility index (Phi) is 10.2. The number of hydrogen-bond acceptors (Lipinski definition) is 4. The molecule has 3 aromatic carbocycles. The van der Waals surface area contributed by atoms with Crippen molar-refractivity contribution in [3.05, 3.63) is 92.4 Å². The van der Waals surface area contributed by atoms with Crippen molar-refractivity contribution in [2.45, 2.75) is 37.8 Å². The van der Waals surface area contributed by atoms with Crippen molar-refractivity contribution in [1.82, 2.24) is 10.2 Å². The number of nitrogens with zero attached hydrogens (tertiary/aromatic N) is 2. The average Bonchev–Trinajstić information content (AvgIpc) is 2.89. The minimum absolute atomic E-state index is 0.0263. The number of rotatable bonds is 10. The molecule has 202 valence electrons. The highest BCUT2D eigenvalue weighted by molar-refractivity contribution is 9.10. The monoisotopic (exact) mass is 639 g/mol. The maximum atomic E-state index is 13.9. The molecular weight excluding hydrogens is 613 g/mol. The molecule has 1 atom stereocenters. The predicted octanol–water partition coefficient (Wildman–Crippen LogP) is 5.81. The van der Waals surface area contributed by atoms with Gasteiger partial charge >= 0.3 is 0 Å². The van der Waals surface area contributed by atoms with E-state index in [1.54, 1.807) is 61.5 Å². The van der Waals surface area contributed by atoms with Gasteiger partial charge in [-0.2, -0.15) is 0 Å². The van der Waals surface area contributed by atoms with Crippen molar-refractivity contribution in [2.75, 3.05) is 17.9 Å². The third-order valence-corrected chi connectivity index (χ3v) is 8.97. The highest BCUT2D eigenvalue weighted by Crippen LogP contribution is 2.28. The van der Waals surface area contributed by atoms with Crippen molar-refractivity contribution < 1.29 is 18.0 Å². The molecule has 0 aromatic heterocycles. The number of carbonyl (C=O) groups is 2. The lowest BCUT2D eigenvalue weighted by atomic mass is 10.1. The summed E-state index contributed by atoms with van der Waals surface area (Å²) in [4.78, 5) is 28.1. The molecule has 38 heavy (non-hydrogen) atoms. The van der Waals surface area contributed by atoms with Gasteiger partial charge in [-0.1, -0.05) is 75.9 Å². The lowest BCUT2D eigenvalue weighted by Gasteiger charge is -2.33. The Bertz CT molecular complexity index is 1420. The first-order chi connectivity index (χ1) is 18.0. The summed E-state index contributed by atoms with van der Waals surface area (Å²) in [5.74, 6) is -0.918. The van der Waals surface area contributed by atoms with Crippen LogP contribution in [0.1, 0.15) is 24.5 Å². The number of sulfonamides is 1. The Morgan fingerprint density at radius 1 is 1.00 bits per heavy atom. The number of nitrogens with one attached hydrogen (secondary N) is 1. The number of hydrogen-bond donors (Lipinski definition) is 1. The van der Waals surface area contributed by atoms with Crippen LogP contribution in [0.5, 0.6) is 0 Å². The lowest BCUT2D eigenvalue weighted by molar-refractivity contribution is -0.140. The topological polar surface area (TPSA) is 86.8 Å². The van der Waals surface area contributed by atoms with Crippen LogP contribution < -0.4 is 9.62 Å². The molecule has 1 N–H and O–H groups in total. The zero-order chi connectivity index (χ0) is 28.0. The number of amides is 2. The molecule has 0 radical (unpaired) electrons. The molecule has 0 fully saturated rings. The molecule has 0 saturated heterocycles. The number of benzene rings is 3. The molecule has 2 amide bonds. The van der Waals surface area contributed by atoms with Crippen LogP contribution in [0.15, 0.2) is 76.1 Å². The smallest absolute Gasteiger partial charge is 0.264 e. The molecule has 0 bridgehead atoms. The molecule has 1 unspecified atom stereocenters. The van der Waals surface area contributed by atoms with Gasteiger partial charge in [-0.15, -0.1) is 0 Å². The summed E-state index contributed by atoms with van der Waals surface area (Å²) >= 11 is 15.6. The quantitative estimate of drug-likeness (QED) is 0.303. The van der Waals surface area contributed by atoms with E-state index in [0.717, 1.165) is 9.87 Å². The number of anilines is 1. The van der Waals surface area contributed by atoms with Gasteiger partial charge in [-0.25, -0.2) is 8.42 Å². The molecular formula is C27H28BrCl2N3O4S. The molecule has 3 aromatic rings.